The van der Waals surface area contributed by atoms with Crippen LogP contribution in [0.25, 0.3) is 0 Å². The summed E-state index contributed by atoms with van der Waals surface area (Å²) in [6, 6.07) is 11.7. The number of nitrogens with one attached hydrogen (secondary N) is 4. The number of H-pyrrole nitrogens is 2. The number of hydrogen-bond acceptors (Lipinski definition) is 17. The van der Waals surface area contributed by atoms with E-state index in [1.165, 1.54) is 74.1 Å². The maximum absolute atomic E-state index is 12.9. The van der Waals surface area contributed by atoms with Crippen molar-refractivity contribution >= 4 is 58.5 Å². The van der Waals surface area contributed by atoms with Crippen LogP contribution in [0.1, 0.15) is 47.9 Å². The Morgan fingerprint density at radius 3 is 1.56 bits per heavy atom. The molecular weight excluding hydrogens is 785 g/mol. The minimum atomic E-state index is -0.886. The van der Waals surface area contributed by atoms with Crippen LogP contribution < -0.4 is 21.8 Å². The Bertz CT molecular complexity index is 2450. The van der Waals surface area contributed by atoms with Crippen molar-refractivity contribution in [3.63, 3.8) is 0 Å². The largest absolute Gasteiger partial charge is 0.466 e. The number of ether oxygens (including phenoxy) is 3. The molecule has 0 bridgehead atoms. The average molecular weight is 821 g/mol. The molecule has 21 heteroatoms. The Kier molecular flexibility index (Phi) is 13.3. The molecule has 0 spiro atoms. The molecule has 0 amide bonds. The number of fused-ring (bicyclic) bond motifs is 2. The molecule has 4 heterocycles. The van der Waals surface area contributed by atoms with E-state index in [4.69, 9.17) is 14.2 Å². The summed E-state index contributed by atoms with van der Waals surface area (Å²) in [6.07, 6.45) is 3.54. The number of non-ortho nitro benzene ring substituents is 2. The average Bonchev–Trinajstić information content (AvgIpc) is 3.19. The standard InChI is InChI=1S/C19H20N4O6S.C17H16N4O5S/c1-10-13(18(25)29-8-7-28-2)14(11-5-4-6-12(9-11)23(26)27)15-16(20-10)21-19(30-3)22-17(15)24;1-8-11(16(23)26-2)12(9-5-4-6-10(7-9)21(24)25)13-14(18-8)19-17(27-3)20-15(13)22/h4-6,9,14H,7-8H2,1-3H3,(H2,20,21,22,24);4-7,12H,1-3H3,(H2,18,19,20,22). The van der Waals surface area contributed by atoms with E-state index in [2.05, 4.69) is 30.6 Å². The number of esters is 2. The van der Waals surface area contributed by atoms with Gasteiger partial charge in [-0.05, 0) is 37.5 Å². The van der Waals surface area contributed by atoms with Gasteiger partial charge in [0.2, 0.25) is 0 Å². The van der Waals surface area contributed by atoms with Gasteiger partial charge in [-0.25, -0.2) is 19.6 Å². The van der Waals surface area contributed by atoms with Crippen LogP contribution in [0.5, 0.6) is 0 Å². The summed E-state index contributed by atoms with van der Waals surface area (Å²) in [7, 11) is 2.72. The van der Waals surface area contributed by atoms with E-state index < -0.39 is 44.7 Å². The molecule has 2 aliphatic rings. The van der Waals surface area contributed by atoms with Crippen molar-refractivity contribution in [2.24, 2.45) is 0 Å². The fourth-order valence-electron chi connectivity index (χ4n) is 6.30. The normalized spacial score (nSPS) is 15.5. The fourth-order valence-corrected chi connectivity index (χ4v) is 7.06. The molecule has 2 atom stereocenters. The van der Waals surface area contributed by atoms with Crippen LogP contribution in [0.3, 0.4) is 0 Å². The van der Waals surface area contributed by atoms with Crippen LogP contribution in [-0.2, 0) is 23.8 Å². The predicted octanol–water partition coefficient (Wildman–Crippen LogP) is 4.83. The van der Waals surface area contributed by atoms with Crippen LogP contribution in [-0.4, -0.2) is 81.7 Å². The topological polar surface area (TPSA) is 264 Å². The molecule has 298 valence electrons. The van der Waals surface area contributed by atoms with E-state index >= 15 is 0 Å². The first-order chi connectivity index (χ1) is 27.2. The lowest BCUT2D eigenvalue weighted by molar-refractivity contribution is -0.385. The second-order valence-corrected chi connectivity index (χ2v) is 13.8. The highest BCUT2D eigenvalue weighted by molar-refractivity contribution is 7.98. The van der Waals surface area contributed by atoms with Gasteiger partial charge in [0, 0.05) is 42.8 Å². The van der Waals surface area contributed by atoms with Gasteiger partial charge in [-0.2, -0.15) is 0 Å². The molecule has 2 aliphatic heterocycles. The summed E-state index contributed by atoms with van der Waals surface area (Å²) < 4.78 is 15.1. The molecule has 0 fully saturated rings. The van der Waals surface area contributed by atoms with Crippen LogP contribution in [0.15, 0.2) is 91.0 Å². The lowest BCUT2D eigenvalue weighted by atomic mass is 9.82. The van der Waals surface area contributed by atoms with E-state index in [0.29, 0.717) is 44.5 Å². The first-order valence-electron chi connectivity index (χ1n) is 16.8. The number of carbonyl (C=O) groups excluding carboxylic acids is 2. The number of benzene rings is 2. The molecule has 2 aromatic heterocycles. The summed E-state index contributed by atoms with van der Waals surface area (Å²) in [5.74, 6) is -2.40. The number of nitro groups is 2. The SMILES string of the molecule is COC(=O)C1=C(C)Nc2nc(SC)[nH]c(=O)c2C1c1cccc([N+](=O)[O-])c1.COCCOC(=O)C1=C(C)Nc2nc(SC)[nH]c(=O)c2C1c1cccc([N+](=O)[O-])c1. The second-order valence-electron chi connectivity index (χ2n) is 12.2. The summed E-state index contributed by atoms with van der Waals surface area (Å²) in [6.45, 7) is 3.58. The zero-order valence-corrected chi connectivity index (χ0v) is 32.9. The number of allylic oxidation sites excluding steroid dienone is 2. The maximum Gasteiger partial charge on any atom is 0.336 e. The molecule has 0 saturated carbocycles. The molecule has 0 aliphatic carbocycles. The van der Waals surface area contributed by atoms with Crippen molar-refractivity contribution in [3.8, 4) is 0 Å². The molecule has 2 unspecified atom stereocenters. The van der Waals surface area contributed by atoms with Crippen LogP contribution >= 0.6 is 23.5 Å². The number of aromatic nitrogens is 4. The number of carbonyl (C=O) groups is 2. The number of hydrogen-bond donors (Lipinski definition) is 4. The van der Waals surface area contributed by atoms with Crippen molar-refractivity contribution in [2.45, 2.75) is 36.0 Å². The highest BCUT2D eigenvalue weighted by atomic mass is 32.2. The van der Waals surface area contributed by atoms with Crippen LogP contribution in [0.2, 0.25) is 0 Å². The number of aromatic amines is 2. The Morgan fingerprint density at radius 1 is 0.737 bits per heavy atom. The molecule has 0 saturated heterocycles. The van der Waals surface area contributed by atoms with Crippen molar-refractivity contribution in [1.29, 1.82) is 0 Å². The first-order valence-corrected chi connectivity index (χ1v) is 19.2. The molecule has 19 nitrogen and oxygen atoms in total. The van der Waals surface area contributed by atoms with Gasteiger partial charge in [-0.15, -0.1) is 0 Å². The number of methoxy groups -OCH3 is 2. The predicted molar refractivity (Wildman–Crippen MR) is 211 cm³/mol. The van der Waals surface area contributed by atoms with Gasteiger partial charge < -0.3 is 34.8 Å². The maximum atomic E-state index is 12.9. The van der Waals surface area contributed by atoms with Gasteiger partial charge in [0.05, 0.1) is 57.7 Å². The number of anilines is 2. The molecule has 57 heavy (non-hydrogen) atoms. The molecule has 6 rings (SSSR count). The van der Waals surface area contributed by atoms with E-state index in [1.807, 2.05) is 0 Å². The Morgan fingerprint density at radius 2 is 1.18 bits per heavy atom. The molecule has 4 aromatic rings. The van der Waals surface area contributed by atoms with E-state index in [9.17, 15) is 39.4 Å². The minimum absolute atomic E-state index is 0.0284. The van der Waals surface area contributed by atoms with E-state index in [0.717, 1.165) is 0 Å². The highest BCUT2D eigenvalue weighted by Crippen LogP contribution is 2.42. The van der Waals surface area contributed by atoms with E-state index in [1.54, 1.807) is 38.5 Å². The van der Waals surface area contributed by atoms with Crippen molar-refractivity contribution < 1.29 is 33.6 Å². The van der Waals surface area contributed by atoms with Crippen molar-refractivity contribution in [1.82, 2.24) is 19.9 Å². The fraction of sp³-hybridized carbons (Fsp3) is 0.278. The Labute approximate surface area is 332 Å². The highest BCUT2D eigenvalue weighted by Gasteiger charge is 2.38. The van der Waals surface area contributed by atoms with Crippen LogP contribution in [0.4, 0.5) is 23.0 Å². The molecular formula is C36H36N8O11S2. The zero-order valence-electron chi connectivity index (χ0n) is 31.3. The summed E-state index contributed by atoms with van der Waals surface area (Å²) in [4.78, 5) is 86.5. The van der Waals surface area contributed by atoms with Crippen molar-refractivity contribution in [2.75, 3.05) is 50.6 Å². The zero-order chi connectivity index (χ0) is 41.6. The van der Waals surface area contributed by atoms with E-state index in [-0.39, 0.29) is 46.9 Å². The molecule has 4 N–H and O–H groups in total. The first kappa shape index (κ1) is 41.8. The summed E-state index contributed by atoms with van der Waals surface area (Å²) in [5.41, 5.74) is 1.38. The van der Waals surface area contributed by atoms with Crippen molar-refractivity contribution in [3.05, 3.63) is 134 Å². The van der Waals surface area contributed by atoms with Gasteiger partial charge in [0.15, 0.2) is 10.3 Å². The monoisotopic (exact) mass is 820 g/mol. The third kappa shape index (κ3) is 8.90. The van der Waals surface area contributed by atoms with Gasteiger partial charge in [-0.3, -0.25) is 29.8 Å². The van der Waals surface area contributed by atoms with Gasteiger partial charge >= 0.3 is 11.9 Å². The smallest absolute Gasteiger partial charge is 0.336 e. The summed E-state index contributed by atoms with van der Waals surface area (Å²) >= 11 is 2.53. The number of nitro benzene ring substituents is 2. The second kappa shape index (κ2) is 18.1. The van der Waals surface area contributed by atoms with Crippen LogP contribution in [0, 0.1) is 20.2 Å². The summed E-state index contributed by atoms with van der Waals surface area (Å²) in [5, 5.41) is 29.3. The van der Waals surface area contributed by atoms with Gasteiger partial charge in [-0.1, -0.05) is 47.8 Å². The number of rotatable bonds is 11. The number of thioether (sulfide) groups is 2. The lowest BCUT2D eigenvalue weighted by Crippen LogP contribution is -2.31. The van der Waals surface area contributed by atoms with Gasteiger partial charge in [0.1, 0.15) is 18.2 Å². The Hall–Kier alpha value is -6.32. The number of nitrogens with zero attached hydrogens (tertiary/aromatic N) is 4. The quantitative estimate of drug-likeness (QED) is 0.0394. The minimum Gasteiger partial charge on any atom is -0.466 e. The third-order valence-corrected chi connectivity index (χ3v) is 9.96. The third-order valence-electron chi connectivity index (χ3n) is 8.80. The molecule has 2 aromatic carbocycles. The Balaban J connectivity index is 0.000000219. The molecule has 0 radical (unpaired) electrons. The lowest BCUT2D eigenvalue weighted by Gasteiger charge is -2.28. The van der Waals surface area contributed by atoms with Gasteiger partial charge in [0.25, 0.3) is 22.5 Å².